The maximum atomic E-state index is 12.4. The van der Waals surface area contributed by atoms with Gasteiger partial charge in [0, 0.05) is 16.4 Å². The van der Waals surface area contributed by atoms with Crippen LogP contribution < -0.4 is 5.32 Å². The zero-order valence-corrected chi connectivity index (χ0v) is 14.1. The predicted octanol–water partition coefficient (Wildman–Crippen LogP) is 2.87. The zero-order valence-electron chi connectivity index (χ0n) is 11.7. The number of thioether (sulfide) groups is 1. The average Bonchev–Trinajstić information content (AvgIpc) is 3.27. The smallest absolute Gasteiger partial charge is 0.327 e. The van der Waals surface area contributed by atoms with Crippen molar-refractivity contribution in [3.8, 4) is 0 Å². The molecule has 0 saturated heterocycles. The monoisotopic (exact) mass is 358 g/mol. The molecule has 20 heavy (non-hydrogen) atoms. The van der Waals surface area contributed by atoms with Crippen molar-refractivity contribution >= 4 is 33.7 Å². The third kappa shape index (κ3) is 3.35. The summed E-state index contributed by atoms with van der Waals surface area (Å²) < 4.78 is 6.22. The zero-order chi connectivity index (χ0) is 14.6. The van der Waals surface area contributed by atoms with Gasteiger partial charge in [0.1, 0.15) is 10.6 Å². The van der Waals surface area contributed by atoms with Crippen LogP contribution in [0.4, 0.5) is 0 Å². The van der Waals surface area contributed by atoms with E-state index in [1.165, 1.54) is 0 Å². The molecular formula is C14H19BrN2O2S. The van der Waals surface area contributed by atoms with E-state index in [-0.39, 0.29) is 5.97 Å². The molecule has 1 heterocycles. The standard InChI is InChI=1S/C14H19BrN2O2S/c1-3-19-13(18)14(16-2,10-6-7-10)9-20-12-11(15)5-4-8-17-12/h4-5,8,10,16H,3,6-7,9H2,1-2H3. The molecule has 6 heteroatoms. The fraction of sp³-hybridized carbons (Fsp3) is 0.571. The molecule has 0 radical (unpaired) electrons. The average molecular weight is 359 g/mol. The van der Waals surface area contributed by atoms with E-state index in [2.05, 4.69) is 26.2 Å². The first kappa shape index (κ1) is 15.8. The summed E-state index contributed by atoms with van der Waals surface area (Å²) in [4.78, 5) is 16.7. The van der Waals surface area contributed by atoms with Crippen molar-refractivity contribution in [2.24, 2.45) is 5.92 Å². The van der Waals surface area contributed by atoms with E-state index < -0.39 is 5.54 Å². The molecule has 1 fully saturated rings. The topological polar surface area (TPSA) is 51.2 Å². The molecule has 1 N–H and O–H groups in total. The van der Waals surface area contributed by atoms with Crippen LogP contribution >= 0.6 is 27.7 Å². The van der Waals surface area contributed by atoms with Gasteiger partial charge in [0.05, 0.1) is 6.61 Å². The summed E-state index contributed by atoms with van der Waals surface area (Å²) in [5.74, 6) is 0.842. The Morgan fingerprint density at radius 2 is 2.40 bits per heavy atom. The lowest BCUT2D eigenvalue weighted by atomic mass is 9.96. The van der Waals surface area contributed by atoms with Gasteiger partial charge >= 0.3 is 5.97 Å². The lowest BCUT2D eigenvalue weighted by molar-refractivity contribution is -0.150. The molecule has 1 aromatic heterocycles. The molecule has 1 aromatic rings. The van der Waals surface area contributed by atoms with Crippen LogP contribution in [0.1, 0.15) is 19.8 Å². The number of esters is 1. The van der Waals surface area contributed by atoms with E-state index in [9.17, 15) is 4.79 Å². The lowest BCUT2D eigenvalue weighted by Crippen LogP contribution is -2.55. The molecule has 1 atom stereocenters. The molecular weight excluding hydrogens is 340 g/mol. The van der Waals surface area contributed by atoms with Gasteiger partial charge in [-0.25, -0.2) is 4.98 Å². The van der Waals surface area contributed by atoms with E-state index in [1.54, 1.807) is 18.0 Å². The number of aromatic nitrogens is 1. The van der Waals surface area contributed by atoms with Crippen LogP contribution in [0.5, 0.6) is 0 Å². The Hall–Kier alpha value is -0.590. The number of carbonyl (C=O) groups excluding carboxylic acids is 1. The first-order chi connectivity index (χ1) is 9.64. The molecule has 1 unspecified atom stereocenters. The highest BCUT2D eigenvalue weighted by Crippen LogP contribution is 2.43. The minimum absolute atomic E-state index is 0.149. The third-order valence-electron chi connectivity index (χ3n) is 3.52. The minimum Gasteiger partial charge on any atom is -0.465 e. The number of carbonyl (C=O) groups is 1. The molecule has 0 aromatic carbocycles. The van der Waals surface area contributed by atoms with Crippen LogP contribution in [0, 0.1) is 5.92 Å². The first-order valence-electron chi connectivity index (χ1n) is 6.73. The van der Waals surface area contributed by atoms with E-state index in [0.29, 0.717) is 18.3 Å². The van der Waals surface area contributed by atoms with Crippen molar-refractivity contribution in [3.63, 3.8) is 0 Å². The van der Waals surface area contributed by atoms with Gasteiger partial charge in [0.15, 0.2) is 0 Å². The maximum Gasteiger partial charge on any atom is 0.327 e. The molecule has 1 aliphatic carbocycles. The summed E-state index contributed by atoms with van der Waals surface area (Å²) in [7, 11) is 1.84. The van der Waals surface area contributed by atoms with E-state index >= 15 is 0 Å². The highest BCUT2D eigenvalue weighted by Gasteiger charge is 2.51. The van der Waals surface area contributed by atoms with Crippen LogP contribution in [0.3, 0.4) is 0 Å². The number of likely N-dealkylation sites (N-methyl/N-ethyl adjacent to an activating group) is 1. The Kier molecular flexibility index (Phi) is 5.46. The van der Waals surface area contributed by atoms with Crippen LogP contribution in [0.2, 0.25) is 0 Å². The number of rotatable bonds is 7. The molecule has 0 aliphatic heterocycles. The SMILES string of the molecule is CCOC(=O)C(CSc1ncccc1Br)(NC)C1CC1. The number of halogens is 1. The summed E-state index contributed by atoms with van der Waals surface area (Å²) in [5, 5.41) is 4.11. The summed E-state index contributed by atoms with van der Waals surface area (Å²) in [5.41, 5.74) is -0.600. The molecule has 1 saturated carbocycles. The minimum atomic E-state index is -0.600. The fourth-order valence-corrected chi connectivity index (χ4v) is 4.02. The van der Waals surface area contributed by atoms with Crippen molar-refractivity contribution in [3.05, 3.63) is 22.8 Å². The Labute approximate surface area is 132 Å². The van der Waals surface area contributed by atoms with Gasteiger partial charge in [-0.2, -0.15) is 0 Å². The Balaban J connectivity index is 2.12. The molecule has 110 valence electrons. The summed E-state index contributed by atoms with van der Waals surface area (Å²) in [6, 6.07) is 3.84. The van der Waals surface area contributed by atoms with Gasteiger partial charge in [-0.1, -0.05) is 0 Å². The number of nitrogens with zero attached hydrogens (tertiary/aromatic N) is 1. The highest BCUT2D eigenvalue weighted by molar-refractivity contribution is 9.10. The van der Waals surface area contributed by atoms with Crippen LogP contribution in [0.15, 0.2) is 27.8 Å². The van der Waals surface area contributed by atoms with Gasteiger partial charge in [-0.3, -0.25) is 4.79 Å². The van der Waals surface area contributed by atoms with Gasteiger partial charge in [0.2, 0.25) is 0 Å². The quantitative estimate of drug-likeness (QED) is 0.599. The molecule has 0 amide bonds. The van der Waals surface area contributed by atoms with Crippen molar-refractivity contribution in [2.45, 2.75) is 30.3 Å². The number of hydrogen-bond donors (Lipinski definition) is 1. The van der Waals surface area contributed by atoms with E-state index in [4.69, 9.17) is 4.74 Å². The fourth-order valence-electron chi connectivity index (χ4n) is 2.22. The normalized spacial score (nSPS) is 17.6. The third-order valence-corrected chi connectivity index (χ3v) is 5.62. The lowest BCUT2D eigenvalue weighted by Gasteiger charge is -2.30. The summed E-state index contributed by atoms with van der Waals surface area (Å²) in [6.45, 7) is 2.25. The van der Waals surface area contributed by atoms with Crippen molar-refractivity contribution in [2.75, 3.05) is 19.4 Å². The Morgan fingerprint density at radius 3 is 2.95 bits per heavy atom. The van der Waals surface area contributed by atoms with Gasteiger partial charge in [0.25, 0.3) is 0 Å². The van der Waals surface area contributed by atoms with Crippen molar-refractivity contribution in [1.29, 1.82) is 0 Å². The number of hydrogen-bond acceptors (Lipinski definition) is 5. The van der Waals surface area contributed by atoms with Crippen molar-refractivity contribution in [1.82, 2.24) is 10.3 Å². The predicted molar refractivity (Wildman–Crippen MR) is 83.8 cm³/mol. The van der Waals surface area contributed by atoms with Crippen LogP contribution in [-0.4, -0.2) is 35.9 Å². The maximum absolute atomic E-state index is 12.4. The summed E-state index contributed by atoms with van der Waals surface area (Å²) in [6.07, 6.45) is 3.91. The number of nitrogens with one attached hydrogen (secondary N) is 1. The Morgan fingerprint density at radius 1 is 1.65 bits per heavy atom. The van der Waals surface area contributed by atoms with Gasteiger partial charge in [-0.05, 0) is 60.8 Å². The molecule has 0 bridgehead atoms. The molecule has 1 aliphatic rings. The van der Waals surface area contributed by atoms with Gasteiger partial charge < -0.3 is 10.1 Å². The second kappa shape index (κ2) is 6.91. The summed E-state index contributed by atoms with van der Waals surface area (Å²) >= 11 is 5.07. The molecule has 4 nitrogen and oxygen atoms in total. The Bertz CT molecular complexity index is 482. The largest absolute Gasteiger partial charge is 0.465 e. The van der Waals surface area contributed by atoms with Crippen LogP contribution in [-0.2, 0) is 9.53 Å². The van der Waals surface area contributed by atoms with Crippen LogP contribution in [0.25, 0.3) is 0 Å². The van der Waals surface area contributed by atoms with E-state index in [1.807, 2.05) is 26.1 Å². The first-order valence-corrected chi connectivity index (χ1v) is 8.51. The highest BCUT2D eigenvalue weighted by atomic mass is 79.9. The number of pyridine rings is 1. The molecule has 0 spiro atoms. The van der Waals surface area contributed by atoms with Crippen molar-refractivity contribution < 1.29 is 9.53 Å². The molecule has 2 rings (SSSR count). The second-order valence-corrected chi connectivity index (χ2v) is 6.61. The second-order valence-electron chi connectivity index (χ2n) is 4.80. The van der Waals surface area contributed by atoms with E-state index in [0.717, 1.165) is 22.3 Å². The number of ether oxygens (including phenoxy) is 1. The van der Waals surface area contributed by atoms with Gasteiger partial charge in [-0.15, -0.1) is 11.8 Å².